The molecular weight excluding hydrogens is 739 g/mol. The second kappa shape index (κ2) is 34.0. The van der Waals surface area contributed by atoms with Crippen LogP contribution in [0.25, 0.3) is 0 Å². The summed E-state index contributed by atoms with van der Waals surface area (Å²) < 4.78 is 34.0. The predicted molar refractivity (Wildman–Crippen MR) is 221 cm³/mol. The van der Waals surface area contributed by atoms with Crippen LogP contribution in [0.3, 0.4) is 0 Å². The average Bonchev–Trinajstić information content (AvgIpc) is 3.18. The van der Waals surface area contributed by atoms with Gasteiger partial charge in [-0.3, -0.25) is 13.8 Å². The van der Waals surface area contributed by atoms with Crippen molar-refractivity contribution in [3.8, 4) is 0 Å². The van der Waals surface area contributed by atoms with Gasteiger partial charge < -0.3 is 39.9 Å². The highest BCUT2D eigenvalue weighted by Gasteiger charge is 2.51. The van der Waals surface area contributed by atoms with E-state index in [0.29, 0.717) is 13.0 Å². The molecule has 324 valence electrons. The third kappa shape index (κ3) is 26.1. The smallest absolute Gasteiger partial charge is 0.457 e. The first-order valence-corrected chi connectivity index (χ1v) is 22.6. The third-order valence-corrected chi connectivity index (χ3v) is 10.4. The molecule has 12 nitrogen and oxygen atoms in total. The molecule has 0 amide bonds. The van der Waals surface area contributed by atoms with Crippen molar-refractivity contribution in [2.45, 2.75) is 185 Å². The molecule has 0 aromatic rings. The van der Waals surface area contributed by atoms with Crippen LogP contribution in [0.4, 0.5) is 0 Å². The molecule has 0 bridgehead atoms. The van der Waals surface area contributed by atoms with Gasteiger partial charge in [-0.15, -0.1) is 0 Å². The van der Waals surface area contributed by atoms with Crippen molar-refractivity contribution >= 4 is 13.8 Å². The maximum Gasteiger partial charge on any atom is 0.472 e. The number of esters is 1. The molecule has 0 aromatic carbocycles. The van der Waals surface area contributed by atoms with Gasteiger partial charge in [0.2, 0.25) is 0 Å². The van der Waals surface area contributed by atoms with Gasteiger partial charge in [-0.05, 0) is 77.0 Å². The third-order valence-electron chi connectivity index (χ3n) is 9.37. The van der Waals surface area contributed by atoms with Gasteiger partial charge in [0.1, 0.15) is 42.7 Å². The highest BCUT2D eigenvalue weighted by atomic mass is 31.2. The number of phosphoric acid groups is 1. The van der Waals surface area contributed by atoms with Crippen LogP contribution in [0.15, 0.2) is 60.8 Å². The Morgan fingerprint density at radius 1 is 0.589 bits per heavy atom. The number of carbonyl (C=O) groups is 1. The van der Waals surface area contributed by atoms with E-state index in [1.54, 1.807) is 0 Å². The van der Waals surface area contributed by atoms with Gasteiger partial charge in [0.25, 0.3) is 0 Å². The topological polar surface area (TPSA) is 192 Å². The van der Waals surface area contributed by atoms with Gasteiger partial charge in [0.05, 0.1) is 13.2 Å². The van der Waals surface area contributed by atoms with Crippen molar-refractivity contribution in [1.82, 2.24) is 0 Å². The van der Waals surface area contributed by atoms with Crippen LogP contribution >= 0.6 is 7.82 Å². The SMILES string of the molecule is CC/C=C\C/C=C\C/C=C\C/C=C\CCCCCOCC(COP(=O)(O)OC1C(O)C(O)C(O)C(O)C1O)OC(=O)CCCCCCC/C=C\CCCCCC. The van der Waals surface area contributed by atoms with Gasteiger partial charge in [-0.25, -0.2) is 4.57 Å². The lowest BCUT2D eigenvalue weighted by molar-refractivity contribution is -0.220. The lowest BCUT2D eigenvalue weighted by Gasteiger charge is -2.41. The first-order valence-electron chi connectivity index (χ1n) is 21.1. The number of hydrogen-bond acceptors (Lipinski definition) is 11. The summed E-state index contributed by atoms with van der Waals surface area (Å²) in [6.45, 7) is 4.02. The molecule has 0 radical (unpaired) electrons. The van der Waals surface area contributed by atoms with Crippen LogP contribution in [-0.2, 0) is 27.9 Å². The van der Waals surface area contributed by atoms with E-state index in [1.807, 2.05) is 0 Å². The van der Waals surface area contributed by atoms with E-state index in [0.717, 1.165) is 89.9 Å². The van der Waals surface area contributed by atoms with Crippen LogP contribution in [0.2, 0.25) is 0 Å². The zero-order valence-corrected chi connectivity index (χ0v) is 35.1. The summed E-state index contributed by atoms with van der Waals surface area (Å²) in [5.74, 6) is -0.502. The molecule has 0 spiro atoms. The fourth-order valence-corrected chi connectivity index (χ4v) is 6.96. The van der Waals surface area contributed by atoms with Gasteiger partial charge in [-0.2, -0.15) is 0 Å². The Kier molecular flexibility index (Phi) is 31.6. The van der Waals surface area contributed by atoms with Crippen molar-refractivity contribution in [3.63, 3.8) is 0 Å². The van der Waals surface area contributed by atoms with Crippen molar-refractivity contribution in [2.75, 3.05) is 19.8 Å². The molecule has 1 rings (SSSR count). The number of phosphoric ester groups is 1. The lowest BCUT2D eigenvalue weighted by atomic mass is 9.85. The first-order chi connectivity index (χ1) is 27.0. The van der Waals surface area contributed by atoms with Gasteiger partial charge in [0.15, 0.2) is 0 Å². The van der Waals surface area contributed by atoms with Crippen molar-refractivity contribution < 1.29 is 58.3 Å². The number of carbonyl (C=O) groups excluding carboxylic acids is 1. The minimum Gasteiger partial charge on any atom is -0.457 e. The fraction of sp³-hybridized carbons (Fsp3) is 0.744. The number of ether oxygens (including phenoxy) is 2. The minimum absolute atomic E-state index is 0.104. The summed E-state index contributed by atoms with van der Waals surface area (Å²) in [6.07, 6.45) is 28.7. The number of aliphatic hydroxyl groups excluding tert-OH is 5. The Morgan fingerprint density at radius 3 is 1.62 bits per heavy atom. The summed E-state index contributed by atoms with van der Waals surface area (Å²) in [7, 11) is -5.03. The predicted octanol–water partition coefficient (Wildman–Crippen LogP) is 7.86. The molecule has 6 N–H and O–H groups in total. The van der Waals surface area contributed by atoms with Crippen LogP contribution in [0.1, 0.15) is 142 Å². The highest BCUT2D eigenvalue weighted by Crippen LogP contribution is 2.47. The Morgan fingerprint density at radius 2 is 1.05 bits per heavy atom. The molecule has 0 aromatic heterocycles. The molecule has 0 saturated heterocycles. The molecular formula is C43H75O12P. The number of unbranched alkanes of at least 4 members (excludes halogenated alkanes) is 12. The minimum atomic E-state index is -5.03. The van der Waals surface area contributed by atoms with Gasteiger partial charge in [-0.1, -0.05) is 120 Å². The molecule has 1 aliphatic carbocycles. The van der Waals surface area contributed by atoms with E-state index in [2.05, 4.69) is 74.6 Å². The number of rotatable bonds is 34. The quantitative estimate of drug-likeness (QED) is 0.0160. The van der Waals surface area contributed by atoms with Crippen LogP contribution in [0, 0.1) is 0 Å². The Bertz CT molecular complexity index is 1160. The summed E-state index contributed by atoms with van der Waals surface area (Å²) in [4.78, 5) is 23.1. The highest BCUT2D eigenvalue weighted by molar-refractivity contribution is 7.47. The molecule has 1 aliphatic rings. The van der Waals surface area contributed by atoms with Crippen molar-refractivity contribution in [2.24, 2.45) is 0 Å². The molecule has 56 heavy (non-hydrogen) atoms. The van der Waals surface area contributed by atoms with E-state index in [-0.39, 0.29) is 13.0 Å². The van der Waals surface area contributed by atoms with Crippen molar-refractivity contribution in [3.05, 3.63) is 60.8 Å². The maximum atomic E-state index is 12.8. The molecule has 0 aliphatic heterocycles. The number of allylic oxidation sites excluding steroid dienone is 10. The number of aliphatic hydroxyl groups is 5. The van der Waals surface area contributed by atoms with E-state index in [4.69, 9.17) is 18.5 Å². The van der Waals surface area contributed by atoms with E-state index >= 15 is 0 Å². The average molecular weight is 815 g/mol. The second-order valence-electron chi connectivity index (χ2n) is 14.5. The van der Waals surface area contributed by atoms with Crippen molar-refractivity contribution in [1.29, 1.82) is 0 Å². The Hall–Kier alpha value is -1.96. The molecule has 13 heteroatoms. The molecule has 1 fully saturated rings. The van der Waals surface area contributed by atoms with Crippen LogP contribution in [0.5, 0.6) is 0 Å². The van der Waals surface area contributed by atoms with Crippen LogP contribution in [-0.4, -0.2) is 98.9 Å². The zero-order chi connectivity index (χ0) is 41.3. The van der Waals surface area contributed by atoms with E-state index < -0.39 is 63.1 Å². The van der Waals surface area contributed by atoms with Crippen LogP contribution < -0.4 is 0 Å². The van der Waals surface area contributed by atoms with E-state index in [9.17, 15) is 39.8 Å². The Labute approximate surface area is 337 Å². The summed E-state index contributed by atoms with van der Waals surface area (Å²) in [6, 6.07) is 0. The largest absolute Gasteiger partial charge is 0.472 e. The molecule has 6 atom stereocenters. The van der Waals surface area contributed by atoms with Gasteiger partial charge >= 0.3 is 13.8 Å². The first kappa shape index (κ1) is 52.1. The standard InChI is InChI=1S/C43H75O12P/c1-3-5-7-9-11-13-15-17-18-19-21-23-25-27-29-31-33-52-34-36(35-53-56(50,51)55-43-41(48)39(46)38(45)40(47)42(43)49)54-37(44)32-30-28-26-24-22-20-16-14-12-10-8-6-4-2/h5,7,11,13-14,16-18,21,23,36,38-43,45-49H,3-4,6,8-10,12,15,19-20,22,24-35H2,1-2H3,(H,50,51)/b7-5-,13-11-,16-14-,18-17-,23-21-. The summed E-state index contributed by atoms with van der Waals surface area (Å²) in [5, 5.41) is 50.1. The molecule has 1 saturated carbocycles. The summed E-state index contributed by atoms with van der Waals surface area (Å²) >= 11 is 0. The second-order valence-corrected chi connectivity index (χ2v) is 15.9. The van der Waals surface area contributed by atoms with Gasteiger partial charge in [0, 0.05) is 13.0 Å². The maximum absolute atomic E-state index is 12.8. The zero-order valence-electron chi connectivity index (χ0n) is 34.2. The normalized spacial score (nSPS) is 23.6. The lowest BCUT2D eigenvalue weighted by Crippen LogP contribution is -2.64. The fourth-order valence-electron chi connectivity index (χ4n) is 5.99. The monoisotopic (exact) mass is 814 g/mol. The molecule has 0 heterocycles. The molecule has 6 unspecified atom stereocenters. The summed E-state index contributed by atoms with van der Waals surface area (Å²) in [5.41, 5.74) is 0. The number of hydrogen-bond donors (Lipinski definition) is 6. The van der Waals surface area contributed by atoms with E-state index in [1.165, 1.54) is 25.7 Å². The Balaban J connectivity index is 2.48.